The number of hydrogen-bond donors (Lipinski definition) is 1. The summed E-state index contributed by atoms with van der Waals surface area (Å²) in [4.78, 5) is 0. The first kappa shape index (κ1) is 12.9. The van der Waals surface area contributed by atoms with Crippen LogP contribution in [-0.4, -0.2) is 21.4 Å². The summed E-state index contributed by atoms with van der Waals surface area (Å²) in [6.07, 6.45) is 5.02. The van der Waals surface area contributed by atoms with E-state index < -0.39 is 0 Å². The first-order valence-corrected chi connectivity index (χ1v) is 6.97. The van der Waals surface area contributed by atoms with Crippen LogP contribution in [0.3, 0.4) is 0 Å². The van der Waals surface area contributed by atoms with E-state index in [9.17, 15) is 0 Å². The van der Waals surface area contributed by atoms with Gasteiger partial charge in [-0.2, -0.15) is 5.10 Å². The molecule has 20 heavy (non-hydrogen) atoms. The molecule has 0 aliphatic rings. The lowest BCUT2D eigenvalue weighted by Gasteiger charge is -2.07. The minimum absolute atomic E-state index is 0.913. The minimum atomic E-state index is 0.913. The van der Waals surface area contributed by atoms with E-state index in [2.05, 4.69) is 51.5 Å². The van der Waals surface area contributed by atoms with Gasteiger partial charge in [0.2, 0.25) is 0 Å². The van der Waals surface area contributed by atoms with E-state index in [-0.39, 0.29) is 0 Å². The molecule has 0 fully saturated rings. The summed E-state index contributed by atoms with van der Waals surface area (Å²) in [5.41, 5.74) is 3.88. The summed E-state index contributed by atoms with van der Waals surface area (Å²) in [6.45, 7) is 1.89. The van der Waals surface area contributed by atoms with Crippen LogP contribution in [0.2, 0.25) is 0 Å². The lowest BCUT2D eigenvalue weighted by atomic mass is 10.1. The fourth-order valence-electron chi connectivity index (χ4n) is 2.64. The molecule has 104 valence electrons. The summed E-state index contributed by atoms with van der Waals surface area (Å²) < 4.78 is 4.25. The van der Waals surface area contributed by atoms with Gasteiger partial charge in [-0.25, -0.2) is 0 Å². The molecule has 2 aromatic heterocycles. The Morgan fingerprint density at radius 2 is 2.10 bits per heavy atom. The molecule has 0 saturated carbocycles. The number of fused-ring (bicyclic) bond motifs is 1. The summed E-state index contributed by atoms with van der Waals surface area (Å²) in [5.74, 6) is 0. The molecule has 3 aromatic rings. The maximum atomic E-state index is 4.21. The zero-order chi connectivity index (χ0) is 13.9. The van der Waals surface area contributed by atoms with E-state index in [1.165, 1.54) is 22.2 Å². The zero-order valence-corrected chi connectivity index (χ0v) is 12.0. The third kappa shape index (κ3) is 2.47. The Labute approximate surface area is 119 Å². The highest BCUT2D eigenvalue weighted by Crippen LogP contribution is 2.18. The number of aryl methyl sites for hydroxylation is 3. The molecular weight excluding hydrogens is 248 g/mol. The van der Waals surface area contributed by atoms with E-state index >= 15 is 0 Å². The molecule has 0 saturated heterocycles. The lowest BCUT2D eigenvalue weighted by Crippen LogP contribution is -2.05. The predicted octanol–water partition coefficient (Wildman–Crippen LogP) is 2.34. The Morgan fingerprint density at radius 1 is 1.20 bits per heavy atom. The molecule has 1 aromatic carbocycles. The van der Waals surface area contributed by atoms with Gasteiger partial charge < -0.3 is 9.88 Å². The SMILES string of the molecule is CNCc1ccc2c(ccn2CCc2ccnn2C)c1. The Balaban J connectivity index is 1.80. The number of aromatic nitrogens is 3. The highest BCUT2D eigenvalue weighted by Gasteiger charge is 2.04. The van der Waals surface area contributed by atoms with Crippen molar-refractivity contribution in [1.82, 2.24) is 19.7 Å². The first-order chi connectivity index (χ1) is 9.78. The Kier molecular flexibility index (Phi) is 3.56. The van der Waals surface area contributed by atoms with Gasteiger partial charge in [-0.15, -0.1) is 0 Å². The van der Waals surface area contributed by atoms with Crippen LogP contribution in [0.5, 0.6) is 0 Å². The third-order valence-electron chi connectivity index (χ3n) is 3.75. The maximum Gasteiger partial charge on any atom is 0.0492 e. The molecule has 2 heterocycles. The van der Waals surface area contributed by atoms with Crippen LogP contribution < -0.4 is 5.32 Å². The average molecular weight is 268 g/mol. The topological polar surface area (TPSA) is 34.8 Å². The molecule has 0 atom stereocenters. The Morgan fingerprint density at radius 3 is 2.85 bits per heavy atom. The zero-order valence-electron chi connectivity index (χ0n) is 12.0. The highest BCUT2D eigenvalue weighted by atomic mass is 15.3. The normalized spacial score (nSPS) is 11.3. The van der Waals surface area contributed by atoms with Crippen LogP contribution in [0.25, 0.3) is 10.9 Å². The number of hydrogen-bond acceptors (Lipinski definition) is 2. The van der Waals surface area contributed by atoms with Crippen molar-refractivity contribution in [1.29, 1.82) is 0 Å². The van der Waals surface area contributed by atoms with Crippen molar-refractivity contribution >= 4 is 10.9 Å². The van der Waals surface area contributed by atoms with Crippen molar-refractivity contribution in [3.05, 3.63) is 54.0 Å². The standard InChI is InChI=1S/C16H20N4/c1-17-12-13-3-4-16-14(11-13)6-9-20(16)10-7-15-5-8-18-19(15)2/h3-6,8-9,11,17H,7,10,12H2,1-2H3. The van der Waals surface area contributed by atoms with Crippen molar-refractivity contribution in [3.8, 4) is 0 Å². The molecule has 3 rings (SSSR count). The van der Waals surface area contributed by atoms with Gasteiger partial charge >= 0.3 is 0 Å². The van der Waals surface area contributed by atoms with Gasteiger partial charge in [0.1, 0.15) is 0 Å². The van der Waals surface area contributed by atoms with Gasteiger partial charge in [-0.1, -0.05) is 6.07 Å². The van der Waals surface area contributed by atoms with Crippen LogP contribution in [0, 0.1) is 0 Å². The van der Waals surface area contributed by atoms with E-state index in [0.29, 0.717) is 0 Å². The van der Waals surface area contributed by atoms with Gasteiger partial charge in [0, 0.05) is 50.2 Å². The van der Waals surface area contributed by atoms with Gasteiger partial charge in [-0.3, -0.25) is 4.68 Å². The maximum absolute atomic E-state index is 4.21. The fraction of sp³-hybridized carbons (Fsp3) is 0.312. The van der Waals surface area contributed by atoms with Crippen molar-refractivity contribution < 1.29 is 0 Å². The number of benzene rings is 1. The molecule has 0 bridgehead atoms. The van der Waals surface area contributed by atoms with E-state index in [1.807, 2.05) is 25.0 Å². The van der Waals surface area contributed by atoms with Crippen LogP contribution in [-0.2, 0) is 26.6 Å². The molecule has 0 spiro atoms. The van der Waals surface area contributed by atoms with E-state index in [0.717, 1.165) is 19.5 Å². The molecule has 0 radical (unpaired) electrons. The van der Waals surface area contributed by atoms with Gasteiger partial charge in [0.25, 0.3) is 0 Å². The van der Waals surface area contributed by atoms with Gasteiger partial charge in [0.15, 0.2) is 0 Å². The van der Waals surface area contributed by atoms with Crippen molar-refractivity contribution in [2.24, 2.45) is 7.05 Å². The summed E-state index contributed by atoms with van der Waals surface area (Å²) in [5, 5.41) is 8.71. The van der Waals surface area contributed by atoms with Crippen molar-refractivity contribution in [3.63, 3.8) is 0 Å². The molecule has 4 heteroatoms. The second-order valence-corrected chi connectivity index (χ2v) is 5.13. The number of rotatable bonds is 5. The molecule has 0 unspecified atom stereocenters. The van der Waals surface area contributed by atoms with Crippen LogP contribution in [0.15, 0.2) is 42.7 Å². The largest absolute Gasteiger partial charge is 0.347 e. The van der Waals surface area contributed by atoms with Crippen LogP contribution >= 0.6 is 0 Å². The molecule has 0 aliphatic carbocycles. The molecule has 0 amide bonds. The van der Waals surface area contributed by atoms with Gasteiger partial charge in [-0.05, 0) is 42.3 Å². The van der Waals surface area contributed by atoms with E-state index in [1.54, 1.807) is 0 Å². The second kappa shape index (κ2) is 5.51. The lowest BCUT2D eigenvalue weighted by molar-refractivity contribution is 0.649. The highest BCUT2D eigenvalue weighted by molar-refractivity contribution is 5.80. The first-order valence-electron chi connectivity index (χ1n) is 6.97. The summed E-state index contributed by atoms with van der Waals surface area (Å²) >= 11 is 0. The Bertz CT molecular complexity index is 708. The molecule has 4 nitrogen and oxygen atoms in total. The molecular formula is C16H20N4. The van der Waals surface area contributed by atoms with Crippen LogP contribution in [0.4, 0.5) is 0 Å². The van der Waals surface area contributed by atoms with Gasteiger partial charge in [0.05, 0.1) is 0 Å². The minimum Gasteiger partial charge on any atom is -0.347 e. The summed E-state index contributed by atoms with van der Waals surface area (Å²) in [6, 6.07) is 10.9. The van der Waals surface area contributed by atoms with Crippen molar-refractivity contribution in [2.75, 3.05) is 7.05 Å². The predicted molar refractivity (Wildman–Crippen MR) is 81.6 cm³/mol. The number of nitrogens with one attached hydrogen (secondary N) is 1. The van der Waals surface area contributed by atoms with E-state index in [4.69, 9.17) is 0 Å². The van der Waals surface area contributed by atoms with Crippen LogP contribution in [0.1, 0.15) is 11.3 Å². The fourth-order valence-corrected chi connectivity index (χ4v) is 2.64. The average Bonchev–Trinajstić information content (AvgIpc) is 3.03. The van der Waals surface area contributed by atoms with Crippen molar-refractivity contribution in [2.45, 2.75) is 19.5 Å². The quantitative estimate of drug-likeness (QED) is 0.771. The summed E-state index contributed by atoms with van der Waals surface area (Å²) in [7, 11) is 3.97. The monoisotopic (exact) mass is 268 g/mol. The number of nitrogens with zero attached hydrogens (tertiary/aromatic N) is 3. The second-order valence-electron chi connectivity index (χ2n) is 5.13. The Hall–Kier alpha value is -2.07. The molecule has 1 N–H and O–H groups in total. The smallest absolute Gasteiger partial charge is 0.0492 e. The third-order valence-corrected chi connectivity index (χ3v) is 3.75. The molecule has 0 aliphatic heterocycles.